The van der Waals surface area contributed by atoms with E-state index in [2.05, 4.69) is 0 Å². The minimum atomic E-state index is -0.390. The van der Waals surface area contributed by atoms with Crippen molar-refractivity contribution in [1.82, 2.24) is 4.90 Å². The number of methoxy groups -OCH3 is 1. The Morgan fingerprint density at radius 2 is 1.79 bits per heavy atom. The molecule has 34 heavy (non-hydrogen) atoms. The van der Waals surface area contributed by atoms with E-state index in [1.807, 2.05) is 55.4 Å². The Balaban J connectivity index is 0. The molecule has 2 rings (SSSR count). The summed E-state index contributed by atoms with van der Waals surface area (Å²) in [6, 6.07) is 0. The number of nitrogens with zero attached hydrogens (tertiary/aromatic N) is 1. The molecule has 0 aromatic heterocycles. The topological polar surface area (TPSA) is 55.8 Å². The average Bonchev–Trinajstić information content (AvgIpc) is 3.61. The number of carbonyl (C=O) groups excluding carboxylic acids is 2. The van der Waals surface area contributed by atoms with Crippen molar-refractivity contribution < 1.29 is 23.5 Å². The predicted octanol–water partition coefficient (Wildman–Crippen LogP) is 7.67. The summed E-state index contributed by atoms with van der Waals surface area (Å²) in [5.74, 6) is 0.637. The van der Waals surface area contributed by atoms with Gasteiger partial charge in [0.2, 0.25) is 0 Å². The lowest BCUT2D eigenvalue weighted by molar-refractivity contribution is -0.118. The first-order valence-electron chi connectivity index (χ1n) is 12.6. The molecule has 2 aliphatic carbocycles. The van der Waals surface area contributed by atoms with Crippen LogP contribution in [-0.4, -0.2) is 49.7 Å². The molecule has 0 unspecified atom stereocenters. The molecule has 0 aromatic rings. The van der Waals surface area contributed by atoms with Crippen molar-refractivity contribution in [1.29, 1.82) is 0 Å². The van der Waals surface area contributed by atoms with Gasteiger partial charge in [-0.25, -0.2) is 9.18 Å². The predicted molar refractivity (Wildman–Crippen MR) is 141 cm³/mol. The number of carbonyl (C=O) groups is 2. The molecule has 0 radical (unpaired) electrons. The maximum absolute atomic E-state index is 12.9. The molecule has 0 saturated heterocycles. The van der Waals surface area contributed by atoms with E-state index >= 15 is 0 Å². The highest BCUT2D eigenvalue weighted by Gasteiger charge is 2.20. The molecular formula is C28H50FNO4. The van der Waals surface area contributed by atoms with E-state index in [9.17, 15) is 14.0 Å². The Morgan fingerprint density at radius 3 is 2.24 bits per heavy atom. The van der Waals surface area contributed by atoms with Crippen molar-refractivity contribution in [3.8, 4) is 0 Å². The molecule has 2 aliphatic rings. The maximum atomic E-state index is 12.9. The van der Waals surface area contributed by atoms with Crippen molar-refractivity contribution in [2.45, 2.75) is 93.1 Å². The molecule has 1 fully saturated rings. The lowest BCUT2D eigenvalue weighted by Gasteiger charge is -2.24. The third kappa shape index (κ3) is 19.5. The second-order valence-corrected chi connectivity index (χ2v) is 9.50. The molecule has 6 heteroatoms. The SMILES string of the molecule is CC.CC(C)C(=O)C1=CC(F)=CC=CC1.CCCN(C)C(=O)OC(C)(C)C.COCCC1CC1. The Morgan fingerprint density at radius 1 is 1.21 bits per heavy atom. The summed E-state index contributed by atoms with van der Waals surface area (Å²) in [5, 5.41) is 0. The minimum absolute atomic E-state index is 0.0232. The number of ether oxygens (including phenoxy) is 2. The lowest BCUT2D eigenvalue weighted by Crippen LogP contribution is -2.34. The highest BCUT2D eigenvalue weighted by Crippen LogP contribution is 2.31. The molecule has 0 aliphatic heterocycles. The summed E-state index contributed by atoms with van der Waals surface area (Å²) in [5.41, 5.74) is 0.163. The van der Waals surface area contributed by atoms with Crippen LogP contribution in [-0.2, 0) is 14.3 Å². The van der Waals surface area contributed by atoms with E-state index in [4.69, 9.17) is 9.47 Å². The van der Waals surface area contributed by atoms with Crippen LogP contribution in [0.1, 0.15) is 87.5 Å². The minimum Gasteiger partial charge on any atom is -0.444 e. The zero-order valence-corrected chi connectivity index (χ0v) is 23.4. The summed E-state index contributed by atoms with van der Waals surface area (Å²) >= 11 is 0. The number of halogens is 1. The number of amides is 1. The largest absolute Gasteiger partial charge is 0.444 e. The summed E-state index contributed by atoms with van der Waals surface area (Å²) < 4.78 is 22.9. The van der Waals surface area contributed by atoms with E-state index in [1.165, 1.54) is 31.4 Å². The van der Waals surface area contributed by atoms with Crippen LogP contribution in [0, 0.1) is 11.8 Å². The van der Waals surface area contributed by atoms with Gasteiger partial charge < -0.3 is 14.4 Å². The Kier molecular flexibility index (Phi) is 19.5. The highest BCUT2D eigenvalue weighted by molar-refractivity contribution is 5.97. The number of ketones is 1. The number of rotatable bonds is 7. The van der Waals surface area contributed by atoms with E-state index in [-0.39, 0.29) is 29.2 Å². The van der Waals surface area contributed by atoms with Crippen molar-refractivity contribution in [3.63, 3.8) is 0 Å². The fourth-order valence-electron chi connectivity index (χ4n) is 2.63. The summed E-state index contributed by atoms with van der Waals surface area (Å²) in [6.07, 6.45) is 11.5. The molecule has 198 valence electrons. The number of allylic oxidation sites excluding steroid dienone is 6. The van der Waals surface area contributed by atoms with Gasteiger partial charge in [0.25, 0.3) is 0 Å². The second kappa shape index (κ2) is 19.4. The summed E-state index contributed by atoms with van der Waals surface area (Å²) in [6.45, 7) is 17.0. The maximum Gasteiger partial charge on any atom is 0.410 e. The molecule has 1 amide bonds. The zero-order valence-electron chi connectivity index (χ0n) is 23.4. The zero-order chi connectivity index (χ0) is 26.7. The third-order valence-corrected chi connectivity index (χ3v) is 4.57. The van der Waals surface area contributed by atoms with Crippen molar-refractivity contribution in [3.05, 3.63) is 35.7 Å². The molecule has 0 N–H and O–H groups in total. The van der Waals surface area contributed by atoms with Crippen LogP contribution in [0.3, 0.4) is 0 Å². The second-order valence-electron chi connectivity index (χ2n) is 9.50. The Hall–Kier alpha value is -1.95. The van der Waals surface area contributed by atoms with Gasteiger partial charge in [0.1, 0.15) is 11.4 Å². The van der Waals surface area contributed by atoms with Gasteiger partial charge in [-0.2, -0.15) is 0 Å². The smallest absolute Gasteiger partial charge is 0.410 e. The van der Waals surface area contributed by atoms with Gasteiger partial charge in [-0.1, -0.05) is 59.6 Å². The van der Waals surface area contributed by atoms with Gasteiger partial charge in [0.05, 0.1) is 0 Å². The molecule has 0 spiro atoms. The van der Waals surface area contributed by atoms with E-state index in [1.54, 1.807) is 31.2 Å². The summed E-state index contributed by atoms with van der Waals surface area (Å²) in [7, 11) is 3.51. The van der Waals surface area contributed by atoms with Crippen LogP contribution in [0.5, 0.6) is 0 Å². The van der Waals surface area contributed by atoms with E-state index < -0.39 is 0 Å². The van der Waals surface area contributed by atoms with Crippen molar-refractivity contribution >= 4 is 11.9 Å². The fraction of sp³-hybridized carbons (Fsp3) is 0.714. The lowest BCUT2D eigenvalue weighted by atomic mass is 9.98. The molecule has 0 bridgehead atoms. The highest BCUT2D eigenvalue weighted by atomic mass is 19.1. The van der Waals surface area contributed by atoms with Gasteiger partial charge in [-0.15, -0.1) is 0 Å². The first-order chi connectivity index (χ1) is 15.9. The first-order valence-corrected chi connectivity index (χ1v) is 12.6. The summed E-state index contributed by atoms with van der Waals surface area (Å²) in [4.78, 5) is 24.3. The Labute approximate surface area is 208 Å². The van der Waals surface area contributed by atoms with Crippen LogP contribution in [0.25, 0.3) is 0 Å². The normalized spacial score (nSPS) is 14.6. The van der Waals surface area contributed by atoms with Crippen LogP contribution >= 0.6 is 0 Å². The molecule has 0 heterocycles. The quantitative estimate of drug-likeness (QED) is 0.373. The van der Waals surface area contributed by atoms with Crippen molar-refractivity contribution in [2.24, 2.45) is 11.8 Å². The van der Waals surface area contributed by atoms with Gasteiger partial charge in [-0.05, 0) is 58.1 Å². The monoisotopic (exact) mass is 483 g/mol. The number of hydrogen-bond acceptors (Lipinski definition) is 4. The fourth-order valence-corrected chi connectivity index (χ4v) is 2.63. The molecule has 0 atom stereocenters. The van der Waals surface area contributed by atoms with E-state index in [0.717, 1.165) is 25.5 Å². The molecule has 5 nitrogen and oxygen atoms in total. The molecule has 0 aromatic carbocycles. The van der Waals surface area contributed by atoms with Gasteiger partial charge in [-0.3, -0.25) is 4.79 Å². The number of Topliss-reactive ketones (excluding diaryl/α,β-unsaturated/α-hetero) is 1. The standard InChI is InChI=1S/C11H13FO.C9H19NO2.C6H12O.C2H6/c1-8(2)11(13)9-5-3-4-6-10(12)7-9;1-6-7-10(5)8(11)12-9(2,3)4;1-7-5-4-6-2-3-6;1-2/h3-4,6-8H,5H2,1-2H3;6-7H2,1-5H3;6H,2-5H2,1H3;1-2H3. The van der Waals surface area contributed by atoms with Crippen LogP contribution < -0.4 is 0 Å². The van der Waals surface area contributed by atoms with Crippen LogP contribution in [0.15, 0.2) is 35.7 Å². The van der Waals surface area contributed by atoms with Crippen LogP contribution in [0.4, 0.5) is 9.18 Å². The van der Waals surface area contributed by atoms with Gasteiger partial charge in [0, 0.05) is 38.8 Å². The average molecular weight is 484 g/mol. The van der Waals surface area contributed by atoms with Crippen LogP contribution in [0.2, 0.25) is 0 Å². The molecule has 1 saturated carbocycles. The Bertz CT molecular complexity index is 656. The molecular weight excluding hydrogens is 433 g/mol. The van der Waals surface area contributed by atoms with Crippen molar-refractivity contribution in [2.75, 3.05) is 27.3 Å². The van der Waals surface area contributed by atoms with E-state index in [0.29, 0.717) is 12.0 Å². The number of hydrogen-bond donors (Lipinski definition) is 0. The third-order valence-electron chi connectivity index (χ3n) is 4.57. The van der Waals surface area contributed by atoms with Gasteiger partial charge in [0.15, 0.2) is 5.78 Å². The first kappa shape index (κ1) is 34.2. The van der Waals surface area contributed by atoms with Gasteiger partial charge >= 0.3 is 6.09 Å².